The van der Waals surface area contributed by atoms with Crippen LogP contribution in [0, 0.1) is 0 Å². The molecule has 0 unspecified atom stereocenters. The van der Waals surface area contributed by atoms with Crippen molar-refractivity contribution in [2.24, 2.45) is 0 Å². The van der Waals surface area contributed by atoms with Gasteiger partial charge in [0.15, 0.2) is 0 Å². The van der Waals surface area contributed by atoms with Crippen molar-refractivity contribution in [2.75, 3.05) is 7.05 Å². The molecule has 0 bridgehead atoms. The molecule has 0 radical (unpaired) electrons. The van der Waals surface area contributed by atoms with Crippen molar-refractivity contribution in [3.05, 3.63) is 0 Å². The first-order chi connectivity index (χ1) is 12.0. The summed E-state index contributed by atoms with van der Waals surface area (Å²) >= 11 is 0. The smallest absolute Gasteiger partial charge is 0.245 e. The fourth-order valence-electron chi connectivity index (χ4n) is 2.28. The van der Waals surface area contributed by atoms with E-state index in [4.69, 9.17) is 0 Å². The molecule has 1 aliphatic heterocycles. The minimum atomic E-state index is -0.901. The highest BCUT2D eigenvalue weighted by atomic mass is 16.2. The first-order valence-corrected chi connectivity index (χ1v) is 8.43. The number of carbonyl (C=O) groups is 5. The molecule has 26 heavy (non-hydrogen) atoms. The van der Waals surface area contributed by atoms with E-state index in [0.717, 1.165) is 0 Å². The summed E-state index contributed by atoms with van der Waals surface area (Å²) in [7, 11) is 1.44. The van der Waals surface area contributed by atoms with E-state index < -0.39 is 59.7 Å². The van der Waals surface area contributed by atoms with Crippen molar-refractivity contribution in [3.63, 3.8) is 0 Å². The molecule has 0 aromatic heterocycles. The lowest BCUT2D eigenvalue weighted by atomic mass is 10.2. The summed E-state index contributed by atoms with van der Waals surface area (Å²) < 4.78 is 0. The van der Waals surface area contributed by atoms with E-state index in [1.165, 1.54) is 46.6 Å². The van der Waals surface area contributed by atoms with Gasteiger partial charge in [-0.2, -0.15) is 0 Å². The second-order valence-corrected chi connectivity index (χ2v) is 6.55. The third-order valence-electron chi connectivity index (χ3n) is 4.29. The van der Waals surface area contributed by atoms with Gasteiger partial charge in [-0.3, -0.25) is 24.0 Å². The van der Waals surface area contributed by atoms with Crippen molar-refractivity contribution < 1.29 is 24.0 Å². The minimum absolute atomic E-state index is 0.472. The Labute approximate surface area is 152 Å². The van der Waals surface area contributed by atoms with Crippen LogP contribution in [0.2, 0.25) is 0 Å². The molecule has 10 heteroatoms. The number of likely N-dealkylation sites (N-methyl/N-ethyl adjacent to an activating group) is 1. The number of rotatable bonds is 0. The van der Waals surface area contributed by atoms with E-state index >= 15 is 0 Å². The first kappa shape index (κ1) is 21.4. The molecule has 4 N–H and O–H groups in total. The Morgan fingerprint density at radius 1 is 0.577 bits per heavy atom. The van der Waals surface area contributed by atoms with Crippen molar-refractivity contribution in [1.82, 2.24) is 26.2 Å². The van der Waals surface area contributed by atoms with Gasteiger partial charge < -0.3 is 26.2 Å². The summed E-state index contributed by atoms with van der Waals surface area (Å²) in [5.41, 5.74) is 0. The van der Waals surface area contributed by atoms with Crippen LogP contribution in [-0.2, 0) is 24.0 Å². The molecule has 1 aliphatic rings. The van der Waals surface area contributed by atoms with E-state index in [2.05, 4.69) is 21.3 Å². The maximum atomic E-state index is 12.4. The predicted octanol–water partition coefficient (Wildman–Crippen LogP) is -2.13. The maximum absolute atomic E-state index is 12.4. The zero-order valence-electron chi connectivity index (χ0n) is 15.9. The van der Waals surface area contributed by atoms with Crippen molar-refractivity contribution >= 4 is 29.5 Å². The Hall–Kier alpha value is -2.65. The maximum Gasteiger partial charge on any atom is 0.245 e. The van der Waals surface area contributed by atoms with Gasteiger partial charge in [0.05, 0.1) is 0 Å². The lowest BCUT2D eigenvalue weighted by molar-refractivity contribution is -0.141. The van der Waals surface area contributed by atoms with Gasteiger partial charge in [-0.25, -0.2) is 0 Å². The van der Waals surface area contributed by atoms with E-state index in [9.17, 15) is 24.0 Å². The van der Waals surface area contributed by atoms with Gasteiger partial charge in [-0.05, 0) is 34.6 Å². The highest BCUT2D eigenvalue weighted by Gasteiger charge is 2.31. The summed E-state index contributed by atoms with van der Waals surface area (Å²) in [4.78, 5) is 62.3. The van der Waals surface area contributed by atoms with Gasteiger partial charge >= 0.3 is 0 Å². The molecule has 146 valence electrons. The third-order valence-corrected chi connectivity index (χ3v) is 4.29. The van der Waals surface area contributed by atoms with Gasteiger partial charge in [0.1, 0.15) is 30.2 Å². The predicted molar refractivity (Wildman–Crippen MR) is 92.7 cm³/mol. The number of amides is 5. The average Bonchev–Trinajstić information content (AvgIpc) is 2.58. The Morgan fingerprint density at radius 2 is 0.885 bits per heavy atom. The van der Waals surface area contributed by atoms with Crippen LogP contribution < -0.4 is 21.3 Å². The van der Waals surface area contributed by atoms with E-state index in [0.29, 0.717) is 0 Å². The minimum Gasteiger partial charge on any atom is -0.343 e. The molecule has 0 spiro atoms. The van der Waals surface area contributed by atoms with Crippen molar-refractivity contribution in [1.29, 1.82) is 0 Å². The second-order valence-electron chi connectivity index (χ2n) is 6.55. The van der Waals surface area contributed by atoms with Gasteiger partial charge in [0, 0.05) is 7.05 Å². The molecule has 1 saturated heterocycles. The molecule has 0 aromatic carbocycles. The van der Waals surface area contributed by atoms with Crippen LogP contribution in [0.3, 0.4) is 0 Å². The lowest BCUT2D eigenvalue weighted by Crippen LogP contribution is -2.55. The SMILES string of the molecule is C[C@@H]1NC(=O)[C@@H](C)NC(=O)[C@H](C)NC(=O)[C@H](C)N(C)C(=O)[C@H](C)NC1=O. The quantitative estimate of drug-likeness (QED) is 0.386. The number of nitrogens with zero attached hydrogens (tertiary/aromatic N) is 1. The highest BCUT2D eigenvalue weighted by Crippen LogP contribution is 2.02. The standard InChI is InChI=1S/C16H27N5O5/c1-7-12(22)18-8(2)14(24)20-10(4)16(26)21(6)11(5)15(25)19-9(3)13(23)17-7/h7-11H,1-6H3,(H,17,23)(H,18,22)(H,19,25)(H,20,24)/t7-,8+,9+,10+,11+/m1/s1. The number of carbonyl (C=O) groups excluding carboxylic acids is 5. The topological polar surface area (TPSA) is 137 Å². The highest BCUT2D eigenvalue weighted by molar-refractivity contribution is 5.97. The normalized spacial score (nSPS) is 32.6. The Morgan fingerprint density at radius 3 is 1.27 bits per heavy atom. The Balaban J connectivity index is 3.10. The second kappa shape index (κ2) is 8.63. The van der Waals surface area contributed by atoms with Crippen molar-refractivity contribution in [3.8, 4) is 0 Å². The van der Waals surface area contributed by atoms with Gasteiger partial charge in [-0.1, -0.05) is 0 Å². The molecule has 1 rings (SSSR count). The first-order valence-electron chi connectivity index (χ1n) is 8.43. The van der Waals surface area contributed by atoms with Crippen LogP contribution >= 0.6 is 0 Å². The van der Waals surface area contributed by atoms with Crippen LogP contribution in [0.5, 0.6) is 0 Å². The monoisotopic (exact) mass is 369 g/mol. The fourth-order valence-corrected chi connectivity index (χ4v) is 2.28. The summed E-state index contributed by atoms with van der Waals surface area (Å²) in [6.45, 7) is 7.41. The summed E-state index contributed by atoms with van der Waals surface area (Å²) in [5, 5.41) is 9.95. The number of nitrogens with one attached hydrogen (secondary N) is 4. The molecular weight excluding hydrogens is 342 g/mol. The molecule has 10 nitrogen and oxygen atoms in total. The van der Waals surface area contributed by atoms with Crippen LogP contribution in [0.1, 0.15) is 34.6 Å². The van der Waals surface area contributed by atoms with Gasteiger partial charge in [-0.15, -0.1) is 0 Å². The van der Waals surface area contributed by atoms with E-state index in [-0.39, 0.29) is 0 Å². The van der Waals surface area contributed by atoms with Crippen LogP contribution in [0.25, 0.3) is 0 Å². The zero-order chi connectivity index (χ0) is 20.2. The third kappa shape index (κ3) is 5.17. The lowest BCUT2D eigenvalue weighted by Gasteiger charge is -2.28. The molecule has 1 fully saturated rings. The average molecular weight is 369 g/mol. The van der Waals surface area contributed by atoms with Gasteiger partial charge in [0.2, 0.25) is 29.5 Å². The largest absolute Gasteiger partial charge is 0.343 e. The zero-order valence-corrected chi connectivity index (χ0v) is 15.9. The number of hydrogen-bond acceptors (Lipinski definition) is 5. The summed E-state index contributed by atoms with van der Waals surface area (Å²) in [6.07, 6.45) is 0. The molecule has 1 heterocycles. The molecule has 5 amide bonds. The molecular formula is C16H27N5O5. The number of hydrogen-bond donors (Lipinski definition) is 4. The Bertz CT molecular complexity index is 608. The molecule has 0 saturated carbocycles. The fraction of sp³-hybridized carbons (Fsp3) is 0.688. The van der Waals surface area contributed by atoms with Crippen LogP contribution in [0.15, 0.2) is 0 Å². The molecule has 0 aromatic rings. The Kier molecular flexibility index (Phi) is 7.10. The summed E-state index contributed by atoms with van der Waals surface area (Å²) in [6, 6.07) is -4.44. The summed E-state index contributed by atoms with van der Waals surface area (Å²) in [5.74, 6) is -2.66. The van der Waals surface area contributed by atoms with Crippen molar-refractivity contribution in [2.45, 2.75) is 64.8 Å². The molecule has 0 aliphatic carbocycles. The van der Waals surface area contributed by atoms with Gasteiger partial charge in [0.25, 0.3) is 0 Å². The molecule has 5 atom stereocenters. The van der Waals surface area contributed by atoms with Crippen LogP contribution in [0.4, 0.5) is 0 Å². The van der Waals surface area contributed by atoms with E-state index in [1.54, 1.807) is 0 Å². The van der Waals surface area contributed by atoms with E-state index in [1.807, 2.05) is 0 Å². The van der Waals surface area contributed by atoms with Crippen LogP contribution in [-0.4, -0.2) is 71.7 Å².